The van der Waals surface area contributed by atoms with Gasteiger partial charge in [-0.25, -0.2) is 13.2 Å². The third-order valence-corrected chi connectivity index (χ3v) is 5.12. The molecule has 2 N–H and O–H groups in total. The Balaban J connectivity index is 1.86. The van der Waals surface area contributed by atoms with Crippen molar-refractivity contribution >= 4 is 21.6 Å². The van der Waals surface area contributed by atoms with Crippen LogP contribution in [0.2, 0.25) is 0 Å². The molecule has 2 amide bonds. The van der Waals surface area contributed by atoms with Crippen LogP contribution in [0.4, 0.5) is 10.5 Å². The number of rotatable bonds is 5. The Morgan fingerprint density at radius 3 is 2.62 bits per heavy atom. The molecule has 0 aliphatic carbocycles. The SMILES string of the molecule is CCS(=O)(=O)c1ccc(NC(=O)NCC2CCCO2)cc1. The second-order valence-corrected chi connectivity index (χ2v) is 7.18. The number of hydrogen-bond acceptors (Lipinski definition) is 4. The Morgan fingerprint density at radius 2 is 2.05 bits per heavy atom. The molecule has 1 aromatic carbocycles. The molecule has 1 atom stereocenters. The van der Waals surface area contributed by atoms with Gasteiger partial charge in [0.05, 0.1) is 16.8 Å². The van der Waals surface area contributed by atoms with Crippen molar-refractivity contribution in [3.8, 4) is 0 Å². The van der Waals surface area contributed by atoms with Gasteiger partial charge in [0.25, 0.3) is 0 Å². The van der Waals surface area contributed by atoms with Crippen LogP contribution in [-0.4, -0.2) is 39.5 Å². The van der Waals surface area contributed by atoms with Crippen molar-refractivity contribution in [2.24, 2.45) is 0 Å². The fourth-order valence-electron chi connectivity index (χ4n) is 2.10. The number of benzene rings is 1. The lowest BCUT2D eigenvalue weighted by Crippen LogP contribution is -2.35. The molecule has 1 aliphatic rings. The van der Waals surface area contributed by atoms with Gasteiger partial charge >= 0.3 is 6.03 Å². The Bertz CT molecular complexity index is 577. The van der Waals surface area contributed by atoms with Crippen LogP contribution in [-0.2, 0) is 14.6 Å². The average Bonchev–Trinajstić information content (AvgIpc) is 2.99. The monoisotopic (exact) mass is 312 g/mol. The predicted molar refractivity (Wildman–Crippen MR) is 80.2 cm³/mol. The first-order valence-corrected chi connectivity index (χ1v) is 8.66. The number of sulfone groups is 1. The van der Waals surface area contributed by atoms with Crippen LogP contribution in [0.1, 0.15) is 19.8 Å². The molecule has 0 radical (unpaired) electrons. The van der Waals surface area contributed by atoms with Gasteiger partial charge in [0.1, 0.15) is 0 Å². The minimum atomic E-state index is -3.21. The molecule has 116 valence electrons. The van der Waals surface area contributed by atoms with E-state index in [9.17, 15) is 13.2 Å². The fraction of sp³-hybridized carbons (Fsp3) is 0.500. The Kier molecular flexibility index (Phi) is 5.19. The summed E-state index contributed by atoms with van der Waals surface area (Å²) in [6.07, 6.45) is 2.08. The predicted octanol–water partition coefficient (Wildman–Crippen LogP) is 1.78. The van der Waals surface area contributed by atoms with Crippen molar-refractivity contribution in [2.45, 2.75) is 30.8 Å². The van der Waals surface area contributed by atoms with E-state index in [1.807, 2.05) is 0 Å². The molecule has 0 saturated carbocycles. The number of amides is 2. The summed E-state index contributed by atoms with van der Waals surface area (Å²) in [6.45, 7) is 2.83. The number of carbonyl (C=O) groups is 1. The normalized spacial score (nSPS) is 18.4. The molecule has 1 heterocycles. The molecule has 1 unspecified atom stereocenters. The van der Waals surface area contributed by atoms with Crippen molar-refractivity contribution in [2.75, 3.05) is 24.2 Å². The zero-order chi connectivity index (χ0) is 15.3. The van der Waals surface area contributed by atoms with E-state index in [2.05, 4.69) is 10.6 Å². The highest BCUT2D eigenvalue weighted by Gasteiger charge is 2.16. The molecule has 2 rings (SSSR count). The molecule has 0 bridgehead atoms. The minimum Gasteiger partial charge on any atom is -0.376 e. The standard InChI is InChI=1S/C14H20N2O4S/c1-2-21(18,19)13-7-5-11(6-8-13)16-14(17)15-10-12-4-3-9-20-12/h5-8,12H,2-4,9-10H2,1H3,(H2,15,16,17). The molecule has 7 heteroatoms. The smallest absolute Gasteiger partial charge is 0.319 e. The van der Waals surface area contributed by atoms with Gasteiger partial charge in [0.2, 0.25) is 0 Å². The maximum absolute atomic E-state index is 11.7. The third-order valence-electron chi connectivity index (χ3n) is 3.37. The lowest BCUT2D eigenvalue weighted by molar-refractivity contribution is 0.112. The van der Waals surface area contributed by atoms with E-state index in [1.165, 1.54) is 12.1 Å². The highest BCUT2D eigenvalue weighted by Crippen LogP contribution is 2.15. The molecular weight excluding hydrogens is 292 g/mol. The zero-order valence-corrected chi connectivity index (χ0v) is 12.8. The summed E-state index contributed by atoms with van der Waals surface area (Å²) in [4.78, 5) is 12.0. The van der Waals surface area contributed by atoms with Gasteiger partial charge in [0, 0.05) is 18.8 Å². The Labute approximate surface area is 124 Å². The van der Waals surface area contributed by atoms with Crippen molar-refractivity contribution in [1.82, 2.24) is 5.32 Å². The highest BCUT2D eigenvalue weighted by atomic mass is 32.2. The average molecular weight is 312 g/mol. The van der Waals surface area contributed by atoms with E-state index in [1.54, 1.807) is 19.1 Å². The van der Waals surface area contributed by atoms with E-state index in [4.69, 9.17) is 4.74 Å². The van der Waals surface area contributed by atoms with Crippen molar-refractivity contribution in [3.05, 3.63) is 24.3 Å². The van der Waals surface area contributed by atoms with E-state index < -0.39 is 9.84 Å². The first-order valence-electron chi connectivity index (χ1n) is 7.00. The third kappa shape index (κ3) is 4.44. The van der Waals surface area contributed by atoms with Crippen molar-refractivity contribution < 1.29 is 17.9 Å². The van der Waals surface area contributed by atoms with E-state index >= 15 is 0 Å². The van der Waals surface area contributed by atoms with Crippen LogP contribution >= 0.6 is 0 Å². The van der Waals surface area contributed by atoms with Gasteiger partial charge in [-0.05, 0) is 37.1 Å². The van der Waals surface area contributed by atoms with E-state index in [0.717, 1.165) is 19.4 Å². The molecule has 1 saturated heterocycles. The van der Waals surface area contributed by atoms with Gasteiger partial charge in [0.15, 0.2) is 9.84 Å². The first-order chi connectivity index (χ1) is 10.0. The Hall–Kier alpha value is -1.60. The summed E-state index contributed by atoms with van der Waals surface area (Å²) in [5, 5.41) is 5.40. The van der Waals surface area contributed by atoms with Crippen molar-refractivity contribution in [1.29, 1.82) is 0 Å². The van der Waals surface area contributed by atoms with Crippen LogP contribution in [0.25, 0.3) is 0 Å². The number of urea groups is 1. The number of carbonyl (C=O) groups excluding carboxylic acids is 1. The van der Waals surface area contributed by atoms with Crippen LogP contribution in [0.3, 0.4) is 0 Å². The molecule has 0 spiro atoms. The molecule has 6 nitrogen and oxygen atoms in total. The molecule has 21 heavy (non-hydrogen) atoms. The molecule has 1 aliphatic heterocycles. The van der Waals surface area contributed by atoms with Gasteiger partial charge in [-0.1, -0.05) is 6.92 Å². The van der Waals surface area contributed by atoms with Crippen LogP contribution < -0.4 is 10.6 Å². The molecule has 0 aromatic heterocycles. The highest BCUT2D eigenvalue weighted by molar-refractivity contribution is 7.91. The second kappa shape index (κ2) is 6.91. The van der Waals surface area contributed by atoms with Gasteiger partial charge in [-0.3, -0.25) is 0 Å². The maximum Gasteiger partial charge on any atom is 0.319 e. The van der Waals surface area contributed by atoms with E-state index in [0.29, 0.717) is 12.2 Å². The summed E-state index contributed by atoms with van der Waals surface area (Å²) >= 11 is 0. The van der Waals surface area contributed by atoms with Crippen LogP contribution in [0.5, 0.6) is 0 Å². The summed E-state index contributed by atoms with van der Waals surface area (Å²) in [7, 11) is -3.21. The first kappa shape index (κ1) is 15.8. The lowest BCUT2D eigenvalue weighted by Gasteiger charge is -2.12. The number of hydrogen-bond donors (Lipinski definition) is 2. The van der Waals surface area contributed by atoms with Crippen molar-refractivity contribution in [3.63, 3.8) is 0 Å². The number of nitrogens with one attached hydrogen (secondary N) is 2. The van der Waals surface area contributed by atoms with Gasteiger partial charge < -0.3 is 15.4 Å². The number of ether oxygens (including phenoxy) is 1. The largest absolute Gasteiger partial charge is 0.376 e. The maximum atomic E-state index is 11.7. The summed E-state index contributed by atoms with van der Waals surface area (Å²) in [5.74, 6) is 0.0572. The van der Waals surface area contributed by atoms with E-state index in [-0.39, 0.29) is 22.8 Å². The van der Waals surface area contributed by atoms with Gasteiger partial charge in [-0.2, -0.15) is 0 Å². The topological polar surface area (TPSA) is 84.5 Å². The molecule has 1 fully saturated rings. The zero-order valence-electron chi connectivity index (χ0n) is 12.0. The quantitative estimate of drug-likeness (QED) is 0.868. The summed E-state index contributed by atoms with van der Waals surface area (Å²) in [5.41, 5.74) is 0.551. The van der Waals surface area contributed by atoms with Crippen LogP contribution in [0, 0.1) is 0 Å². The van der Waals surface area contributed by atoms with Gasteiger partial charge in [-0.15, -0.1) is 0 Å². The lowest BCUT2D eigenvalue weighted by atomic mass is 10.2. The minimum absolute atomic E-state index is 0.0572. The van der Waals surface area contributed by atoms with Crippen LogP contribution in [0.15, 0.2) is 29.2 Å². The Morgan fingerprint density at radius 1 is 1.33 bits per heavy atom. The summed E-state index contributed by atoms with van der Waals surface area (Å²) in [6, 6.07) is 5.82. The second-order valence-electron chi connectivity index (χ2n) is 4.90. The fourth-order valence-corrected chi connectivity index (χ4v) is 2.98. The molecular formula is C14H20N2O4S. The number of anilines is 1. The summed E-state index contributed by atoms with van der Waals surface area (Å²) < 4.78 is 28.8. The molecule has 1 aromatic rings.